The van der Waals surface area contributed by atoms with Crippen molar-refractivity contribution in [1.29, 1.82) is 0 Å². The van der Waals surface area contributed by atoms with Gasteiger partial charge in [-0.1, -0.05) is 6.58 Å². The Morgan fingerprint density at radius 3 is 3.12 bits per heavy atom. The molecule has 84 valence electrons. The van der Waals surface area contributed by atoms with E-state index >= 15 is 0 Å². The molecule has 6 nitrogen and oxygen atoms in total. The van der Waals surface area contributed by atoms with E-state index in [-0.39, 0.29) is 5.69 Å². The molecule has 0 bridgehead atoms. The van der Waals surface area contributed by atoms with Gasteiger partial charge in [-0.3, -0.25) is 4.98 Å². The second-order valence-electron chi connectivity index (χ2n) is 3.53. The first-order chi connectivity index (χ1) is 7.72. The first kappa shape index (κ1) is 10.6. The first-order valence-corrected chi connectivity index (χ1v) is 4.93. The van der Waals surface area contributed by atoms with E-state index in [1.165, 1.54) is 9.08 Å². The number of fused-ring (bicyclic) bond motifs is 1. The van der Waals surface area contributed by atoms with Crippen molar-refractivity contribution in [3.8, 4) is 0 Å². The average molecular weight is 219 g/mol. The van der Waals surface area contributed by atoms with Gasteiger partial charge in [0.2, 0.25) is 0 Å². The minimum absolute atomic E-state index is 0.172. The molecule has 0 radical (unpaired) electrons. The van der Waals surface area contributed by atoms with Gasteiger partial charge in [-0.15, -0.1) is 5.10 Å². The van der Waals surface area contributed by atoms with E-state index in [1.807, 2.05) is 7.05 Å². The lowest BCUT2D eigenvalue weighted by Gasteiger charge is -2.02. The van der Waals surface area contributed by atoms with Crippen LogP contribution in [-0.2, 0) is 6.54 Å². The molecule has 0 saturated carbocycles. The molecular weight excluding hydrogens is 206 g/mol. The molecule has 0 unspecified atom stereocenters. The highest BCUT2D eigenvalue weighted by molar-refractivity contribution is 5.31. The number of hydrogen-bond acceptors (Lipinski definition) is 4. The molecule has 0 atom stereocenters. The summed E-state index contributed by atoms with van der Waals surface area (Å²) < 4.78 is 2.84. The molecule has 0 amide bonds. The van der Waals surface area contributed by atoms with E-state index in [2.05, 4.69) is 22.0 Å². The van der Waals surface area contributed by atoms with Crippen LogP contribution < -0.4 is 11.0 Å². The first-order valence-electron chi connectivity index (χ1n) is 4.93. The number of likely N-dealkylation sites (N-methyl/N-ethyl adjacent to an activating group) is 1. The third kappa shape index (κ3) is 1.87. The van der Waals surface area contributed by atoms with Crippen molar-refractivity contribution in [3.63, 3.8) is 0 Å². The highest BCUT2D eigenvalue weighted by Gasteiger charge is 2.06. The fourth-order valence-electron chi connectivity index (χ4n) is 1.50. The number of nitrogens with zero attached hydrogens (tertiary/aromatic N) is 4. The van der Waals surface area contributed by atoms with Crippen LogP contribution in [0.3, 0.4) is 0 Å². The third-order valence-electron chi connectivity index (χ3n) is 2.19. The summed E-state index contributed by atoms with van der Waals surface area (Å²) in [6.07, 6.45) is 4.71. The van der Waals surface area contributed by atoms with Crippen LogP contribution in [0.4, 0.5) is 0 Å². The van der Waals surface area contributed by atoms with Crippen LogP contribution in [0.2, 0.25) is 0 Å². The Morgan fingerprint density at radius 2 is 2.44 bits per heavy atom. The largest absolute Gasteiger partial charge is 0.350 e. The van der Waals surface area contributed by atoms with Crippen LogP contribution >= 0.6 is 0 Å². The van der Waals surface area contributed by atoms with Crippen molar-refractivity contribution in [2.75, 3.05) is 13.6 Å². The van der Waals surface area contributed by atoms with E-state index in [1.54, 1.807) is 18.6 Å². The van der Waals surface area contributed by atoms with E-state index in [4.69, 9.17) is 0 Å². The standard InChI is InChI=1S/C10H13N5O/c1-8(5-11-2)7-15-10(16)14-4-3-12-6-9(14)13-15/h3-4,6,11H,1,5,7H2,2H3. The highest BCUT2D eigenvalue weighted by atomic mass is 16.2. The minimum atomic E-state index is -0.172. The van der Waals surface area contributed by atoms with Crippen molar-refractivity contribution in [1.82, 2.24) is 24.5 Å². The minimum Gasteiger partial charge on any atom is -0.316 e. The van der Waals surface area contributed by atoms with Gasteiger partial charge in [0, 0.05) is 18.9 Å². The number of rotatable bonds is 4. The van der Waals surface area contributed by atoms with Gasteiger partial charge < -0.3 is 5.32 Å². The molecule has 0 fully saturated rings. The molecule has 2 aromatic heterocycles. The summed E-state index contributed by atoms with van der Waals surface area (Å²) >= 11 is 0. The van der Waals surface area contributed by atoms with Crippen LogP contribution in [0, 0.1) is 0 Å². The Balaban J connectivity index is 2.35. The van der Waals surface area contributed by atoms with E-state index in [9.17, 15) is 4.79 Å². The average Bonchev–Trinajstić information content (AvgIpc) is 2.57. The molecule has 0 saturated heterocycles. The smallest absolute Gasteiger partial charge is 0.316 e. The lowest BCUT2D eigenvalue weighted by atomic mass is 10.3. The van der Waals surface area contributed by atoms with Crippen LogP contribution in [0.1, 0.15) is 0 Å². The quantitative estimate of drug-likeness (QED) is 0.715. The summed E-state index contributed by atoms with van der Waals surface area (Å²) in [6.45, 7) is 4.95. The zero-order valence-corrected chi connectivity index (χ0v) is 9.05. The SMILES string of the molecule is C=C(CNC)Cn1nc2cnccn2c1=O. The zero-order valence-electron chi connectivity index (χ0n) is 9.05. The summed E-state index contributed by atoms with van der Waals surface area (Å²) in [6, 6.07) is 0. The Bertz CT molecular complexity index is 568. The molecule has 0 aliphatic heterocycles. The van der Waals surface area contributed by atoms with Crippen molar-refractivity contribution in [2.24, 2.45) is 0 Å². The molecule has 0 spiro atoms. The highest BCUT2D eigenvalue weighted by Crippen LogP contribution is 1.95. The second-order valence-corrected chi connectivity index (χ2v) is 3.53. The van der Waals surface area contributed by atoms with Crippen LogP contribution in [-0.4, -0.2) is 32.8 Å². The summed E-state index contributed by atoms with van der Waals surface area (Å²) in [4.78, 5) is 15.8. The molecule has 16 heavy (non-hydrogen) atoms. The molecular formula is C10H13N5O. The second kappa shape index (κ2) is 4.28. The predicted molar refractivity (Wildman–Crippen MR) is 60.3 cm³/mol. The number of hydrogen-bond donors (Lipinski definition) is 1. The third-order valence-corrected chi connectivity index (χ3v) is 2.19. The van der Waals surface area contributed by atoms with Crippen LogP contribution in [0.25, 0.3) is 5.65 Å². The van der Waals surface area contributed by atoms with Crippen molar-refractivity contribution >= 4 is 5.65 Å². The topological polar surface area (TPSA) is 64.2 Å². The lowest BCUT2D eigenvalue weighted by Crippen LogP contribution is -2.24. The monoisotopic (exact) mass is 219 g/mol. The summed E-state index contributed by atoms with van der Waals surface area (Å²) in [5.74, 6) is 0. The normalized spacial score (nSPS) is 10.8. The van der Waals surface area contributed by atoms with Gasteiger partial charge in [-0.05, 0) is 12.6 Å². The summed E-state index contributed by atoms with van der Waals surface area (Å²) in [5.41, 5.74) is 1.28. The molecule has 0 aliphatic rings. The Labute approximate surface area is 92.2 Å². The Morgan fingerprint density at radius 1 is 1.62 bits per heavy atom. The molecule has 2 heterocycles. The van der Waals surface area contributed by atoms with Gasteiger partial charge >= 0.3 is 5.69 Å². The van der Waals surface area contributed by atoms with Crippen molar-refractivity contribution < 1.29 is 0 Å². The maximum Gasteiger partial charge on any atom is 0.350 e. The molecule has 0 aromatic carbocycles. The lowest BCUT2D eigenvalue weighted by molar-refractivity contribution is 0.633. The van der Waals surface area contributed by atoms with E-state index < -0.39 is 0 Å². The number of nitrogens with one attached hydrogen (secondary N) is 1. The number of aromatic nitrogens is 4. The summed E-state index contributed by atoms with van der Waals surface area (Å²) in [5, 5.41) is 7.13. The van der Waals surface area contributed by atoms with E-state index in [0.29, 0.717) is 18.7 Å². The molecule has 6 heteroatoms. The van der Waals surface area contributed by atoms with Gasteiger partial charge in [-0.2, -0.15) is 0 Å². The van der Waals surface area contributed by atoms with Crippen molar-refractivity contribution in [2.45, 2.75) is 6.54 Å². The van der Waals surface area contributed by atoms with Gasteiger partial charge in [-0.25, -0.2) is 13.9 Å². The van der Waals surface area contributed by atoms with Gasteiger partial charge in [0.25, 0.3) is 0 Å². The van der Waals surface area contributed by atoms with Gasteiger partial charge in [0.1, 0.15) is 0 Å². The summed E-state index contributed by atoms with van der Waals surface area (Å²) in [7, 11) is 1.83. The molecule has 2 aromatic rings. The van der Waals surface area contributed by atoms with Crippen molar-refractivity contribution in [3.05, 3.63) is 41.2 Å². The van der Waals surface area contributed by atoms with Gasteiger partial charge in [0.15, 0.2) is 5.65 Å². The fourth-order valence-corrected chi connectivity index (χ4v) is 1.50. The Hall–Kier alpha value is -1.95. The Kier molecular flexibility index (Phi) is 2.82. The molecule has 0 aliphatic carbocycles. The zero-order chi connectivity index (χ0) is 11.5. The van der Waals surface area contributed by atoms with E-state index in [0.717, 1.165) is 5.57 Å². The molecule has 2 rings (SSSR count). The molecule has 1 N–H and O–H groups in total. The fraction of sp³-hybridized carbons (Fsp3) is 0.300. The van der Waals surface area contributed by atoms with Gasteiger partial charge in [0.05, 0.1) is 12.7 Å². The maximum atomic E-state index is 11.8. The van der Waals surface area contributed by atoms with Crippen LogP contribution in [0.5, 0.6) is 0 Å². The predicted octanol–water partition coefficient (Wildman–Crippen LogP) is -0.333. The van der Waals surface area contributed by atoms with Crippen LogP contribution in [0.15, 0.2) is 35.5 Å². The maximum absolute atomic E-state index is 11.8.